The summed E-state index contributed by atoms with van der Waals surface area (Å²) >= 11 is 0. The Kier molecular flexibility index (Phi) is 4.51. The summed E-state index contributed by atoms with van der Waals surface area (Å²) < 4.78 is 0. The lowest BCUT2D eigenvalue weighted by Crippen LogP contribution is -2.23. The maximum Gasteiger partial charge on any atom is 0.229 e. The summed E-state index contributed by atoms with van der Waals surface area (Å²) in [6.45, 7) is 5.98. The minimum Gasteiger partial charge on any atom is -0.357 e. The highest BCUT2D eigenvalue weighted by Gasteiger charge is 2.05. The van der Waals surface area contributed by atoms with Gasteiger partial charge in [0, 0.05) is 25.0 Å². The van der Waals surface area contributed by atoms with Crippen LogP contribution in [-0.4, -0.2) is 23.1 Å². The molecule has 0 aliphatic carbocycles. The van der Waals surface area contributed by atoms with Gasteiger partial charge in [-0.2, -0.15) is 10.2 Å². The van der Waals surface area contributed by atoms with E-state index < -0.39 is 0 Å². The fraction of sp³-hybridized carbons (Fsp3) is 0.267. The van der Waals surface area contributed by atoms with E-state index in [-0.39, 0.29) is 0 Å². The van der Waals surface area contributed by atoms with Crippen molar-refractivity contribution in [2.75, 3.05) is 23.3 Å². The predicted molar refractivity (Wildman–Crippen MR) is 80.0 cm³/mol. The predicted octanol–water partition coefficient (Wildman–Crippen LogP) is 2.94. The van der Waals surface area contributed by atoms with Crippen molar-refractivity contribution in [2.45, 2.75) is 13.8 Å². The van der Waals surface area contributed by atoms with Gasteiger partial charge in [-0.15, -0.1) is 0 Å². The van der Waals surface area contributed by atoms with Crippen LogP contribution in [0.3, 0.4) is 0 Å². The van der Waals surface area contributed by atoms with Crippen LogP contribution < -0.4 is 10.2 Å². The molecule has 102 valence electrons. The van der Waals surface area contributed by atoms with Gasteiger partial charge in [0.1, 0.15) is 5.82 Å². The maximum atomic E-state index is 8.89. The molecule has 0 spiro atoms. The third-order valence-electron chi connectivity index (χ3n) is 2.98. The number of rotatable bonds is 5. The average Bonchev–Trinajstić information content (AvgIpc) is 2.49. The summed E-state index contributed by atoms with van der Waals surface area (Å²) in [5.74, 6) is 1.42. The Morgan fingerprint density at radius 1 is 1.25 bits per heavy atom. The standard InChI is InChI=1S/C15H17N5/c1-3-20(4-2)14-8-9-17-15(19-14)18-13-7-5-6-12(10-13)11-16/h5-10H,3-4H2,1-2H3,(H,17,18,19). The van der Waals surface area contributed by atoms with Crippen LogP contribution in [-0.2, 0) is 0 Å². The molecule has 1 heterocycles. The highest BCUT2D eigenvalue weighted by molar-refractivity contribution is 5.57. The molecule has 0 bridgehead atoms. The van der Waals surface area contributed by atoms with Gasteiger partial charge in [-0.05, 0) is 38.1 Å². The Labute approximate surface area is 118 Å². The second-order valence-electron chi connectivity index (χ2n) is 4.23. The molecule has 5 heteroatoms. The first-order valence-corrected chi connectivity index (χ1v) is 6.62. The summed E-state index contributed by atoms with van der Waals surface area (Å²) in [7, 11) is 0. The topological polar surface area (TPSA) is 64.8 Å². The molecule has 0 radical (unpaired) electrons. The summed E-state index contributed by atoms with van der Waals surface area (Å²) in [5, 5.41) is 12.0. The Hall–Kier alpha value is -2.61. The molecule has 0 aliphatic rings. The van der Waals surface area contributed by atoms with Gasteiger partial charge in [-0.25, -0.2) is 4.98 Å². The van der Waals surface area contributed by atoms with Crippen molar-refractivity contribution in [3.63, 3.8) is 0 Å². The Bertz CT molecular complexity index is 614. The van der Waals surface area contributed by atoms with Crippen LogP contribution in [0.25, 0.3) is 0 Å². The fourth-order valence-corrected chi connectivity index (χ4v) is 1.93. The van der Waals surface area contributed by atoms with Gasteiger partial charge in [-0.1, -0.05) is 6.07 Å². The van der Waals surface area contributed by atoms with Crippen molar-refractivity contribution in [3.05, 3.63) is 42.1 Å². The van der Waals surface area contributed by atoms with Gasteiger partial charge in [0.15, 0.2) is 0 Å². The molecule has 2 aromatic rings. The van der Waals surface area contributed by atoms with E-state index in [0.717, 1.165) is 24.6 Å². The number of nitriles is 1. The molecule has 1 aromatic heterocycles. The van der Waals surface area contributed by atoms with Crippen molar-refractivity contribution in [1.29, 1.82) is 5.26 Å². The lowest BCUT2D eigenvalue weighted by Gasteiger charge is -2.19. The number of aromatic nitrogens is 2. The summed E-state index contributed by atoms with van der Waals surface area (Å²) in [6.07, 6.45) is 1.73. The van der Waals surface area contributed by atoms with E-state index in [1.54, 1.807) is 18.3 Å². The van der Waals surface area contributed by atoms with Gasteiger partial charge in [0.25, 0.3) is 0 Å². The van der Waals surface area contributed by atoms with Crippen molar-refractivity contribution in [1.82, 2.24) is 9.97 Å². The minimum atomic E-state index is 0.532. The molecule has 0 unspecified atom stereocenters. The lowest BCUT2D eigenvalue weighted by molar-refractivity contribution is 0.843. The van der Waals surface area contributed by atoms with Crippen molar-refractivity contribution in [3.8, 4) is 6.07 Å². The molecule has 0 saturated carbocycles. The highest BCUT2D eigenvalue weighted by Crippen LogP contribution is 2.17. The number of nitrogens with zero attached hydrogens (tertiary/aromatic N) is 4. The van der Waals surface area contributed by atoms with E-state index in [2.05, 4.69) is 40.1 Å². The van der Waals surface area contributed by atoms with Crippen LogP contribution in [0.1, 0.15) is 19.4 Å². The van der Waals surface area contributed by atoms with Gasteiger partial charge in [0.2, 0.25) is 5.95 Å². The fourth-order valence-electron chi connectivity index (χ4n) is 1.93. The quantitative estimate of drug-likeness (QED) is 0.902. The SMILES string of the molecule is CCN(CC)c1ccnc(Nc2cccc(C#N)c2)n1. The van der Waals surface area contributed by atoms with Crippen LogP contribution in [0.4, 0.5) is 17.5 Å². The molecule has 2 rings (SSSR count). The number of nitrogens with one attached hydrogen (secondary N) is 1. The summed E-state index contributed by atoms with van der Waals surface area (Å²) in [5.41, 5.74) is 1.41. The van der Waals surface area contributed by atoms with E-state index >= 15 is 0 Å². The normalized spacial score (nSPS) is 9.85. The van der Waals surface area contributed by atoms with Crippen molar-refractivity contribution in [2.24, 2.45) is 0 Å². The molecular weight excluding hydrogens is 250 g/mol. The molecule has 0 fully saturated rings. The number of hydrogen-bond acceptors (Lipinski definition) is 5. The maximum absolute atomic E-state index is 8.89. The van der Waals surface area contributed by atoms with Gasteiger partial charge >= 0.3 is 0 Å². The van der Waals surface area contributed by atoms with E-state index in [4.69, 9.17) is 5.26 Å². The first-order valence-electron chi connectivity index (χ1n) is 6.62. The molecule has 0 aliphatic heterocycles. The van der Waals surface area contributed by atoms with E-state index in [0.29, 0.717) is 11.5 Å². The lowest BCUT2D eigenvalue weighted by atomic mass is 10.2. The largest absolute Gasteiger partial charge is 0.357 e. The van der Waals surface area contributed by atoms with Crippen LogP contribution in [0.5, 0.6) is 0 Å². The van der Waals surface area contributed by atoms with Crippen LogP contribution >= 0.6 is 0 Å². The second-order valence-corrected chi connectivity index (χ2v) is 4.23. The van der Waals surface area contributed by atoms with Gasteiger partial charge in [-0.3, -0.25) is 0 Å². The first kappa shape index (κ1) is 13.8. The van der Waals surface area contributed by atoms with E-state index in [9.17, 15) is 0 Å². The molecule has 5 nitrogen and oxygen atoms in total. The molecule has 0 amide bonds. The zero-order chi connectivity index (χ0) is 14.4. The Morgan fingerprint density at radius 2 is 2.05 bits per heavy atom. The van der Waals surface area contributed by atoms with Crippen LogP contribution in [0.15, 0.2) is 36.5 Å². The molecule has 1 N–H and O–H groups in total. The zero-order valence-corrected chi connectivity index (χ0v) is 11.7. The zero-order valence-electron chi connectivity index (χ0n) is 11.7. The number of benzene rings is 1. The molecule has 0 atom stereocenters. The van der Waals surface area contributed by atoms with E-state index in [1.165, 1.54) is 0 Å². The smallest absolute Gasteiger partial charge is 0.229 e. The molecular formula is C15H17N5. The van der Waals surface area contributed by atoms with E-state index in [1.807, 2.05) is 18.2 Å². The van der Waals surface area contributed by atoms with Gasteiger partial charge in [0.05, 0.1) is 11.6 Å². The molecule has 1 aromatic carbocycles. The van der Waals surface area contributed by atoms with Crippen LogP contribution in [0, 0.1) is 11.3 Å². The first-order chi connectivity index (χ1) is 9.76. The number of anilines is 3. The third kappa shape index (κ3) is 3.23. The molecule has 20 heavy (non-hydrogen) atoms. The minimum absolute atomic E-state index is 0.532. The number of hydrogen-bond donors (Lipinski definition) is 1. The summed E-state index contributed by atoms with van der Waals surface area (Å²) in [4.78, 5) is 10.8. The van der Waals surface area contributed by atoms with Gasteiger partial charge < -0.3 is 10.2 Å². The van der Waals surface area contributed by atoms with Crippen molar-refractivity contribution < 1.29 is 0 Å². The Morgan fingerprint density at radius 3 is 2.75 bits per heavy atom. The Balaban J connectivity index is 2.21. The summed E-state index contributed by atoms with van der Waals surface area (Å²) in [6, 6.07) is 11.2. The average molecular weight is 267 g/mol. The highest BCUT2D eigenvalue weighted by atomic mass is 15.2. The monoisotopic (exact) mass is 267 g/mol. The second kappa shape index (κ2) is 6.53. The third-order valence-corrected chi connectivity index (χ3v) is 2.98. The van der Waals surface area contributed by atoms with Crippen molar-refractivity contribution >= 4 is 17.5 Å². The van der Waals surface area contributed by atoms with Crippen LogP contribution in [0.2, 0.25) is 0 Å². The molecule has 0 saturated heterocycles.